The zero-order valence-corrected chi connectivity index (χ0v) is 11.3. The average molecular weight is 260 g/mol. The summed E-state index contributed by atoms with van der Waals surface area (Å²) in [4.78, 5) is 22.4. The lowest BCUT2D eigenvalue weighted by Crippen LogP contribution is -2.17. The molecule has 18 heavy (non-hydrogen) atoms. The van der Waals surface area contributed by atoms with E-state index < -0.39 is 0 Å². The first kappa shape index (κ1) is 16.9. The number of esters is 2. The number of carbonyl (C=O) groups excluding carboxylic acids is 2. The van der Waals surface area contributed by atoms with Crippen LogP contribution in [0.15, 0.2) is 0 Å². The van der Waals surface area contributed by atoms with Crippen molar-refractivity contribution in [3.63, 3.8) is 0 Å². The Morgan fingerprint density at radius 3 is 1.56 bits per heavy atom. The zero-order chi connectivity index (χ0) is 13.6. The Labute approximate surface area is 108 Å². The third kappa shape index (κ3) is 11.3. The van der Waals surface area contributed by atoms with Crippen molar-refractivity contribution < 1.29 is 19.1 Å². The molecule has 6 nitrogen and oxygen atoms in total. The highest BCUT2D eigenvalue weighted by molar-refractivity contribution is 5.70. The fraction of sp³-hybridized carbons (Fsp3) is 0.833. The molecule has 0 aliphatic rings. The lowest BCUT2D eigenvalue weighted by atomic mass is 10.2. The Bertz CT molecular complexity index is 210. The molecule has 0 aromatic rings. The number of likely N-dealkylation sites (N-methyl/N-ethyl adjacent to an activating group) is 2. The molecule has 0 saturated carbocycles. The Balaban J connectivity index is 3.32. The van der Waals surface area contributed by atoms with E-state index in [1.807, 2.05) is 0 Å². The second kappa shape index (κ2) is 12.3. The topological polar surface area (TPSA) is 76.7 Å². The third-order valence-corrected chi connectivity index (χ3v) is 2.24. The van der Waals surface area contributed by atoms with Gasteiger partial charge in [-0.05, 0) is 26.9 Å². The van der Waals surface area contributed by atoms with E-state index in [-0.39, 0.29) is 11.9 Å². The Morgan fingerprint density at radius 2 is 1.22 bits per heavy atom. The lowest BCUT2D eigenvalue weighted by Gasteiger charge is -2.05. The van der Waals surface area contributed by atoms with Crippen LogP contribution < -0.4 is 10.6 Å². The van der Waals surface area contributed by atoms with Gasteiger partial charge in [0.15, 0.2) is 0 Å². The van der Waals surface area contributed by atoms with Gasteiger partial charge in [-0.3, -0.25) is 9.59 Å². The molecule has 106 valence electrons. The van der Waals surface area contributed by atoms with Gasteiger partial charge in [0.25, 0.3) is 0 Å². The number of nitrogens with one attached hydrogen (secondary N) is 2. The van der Waals surface area contributed by atoms with E-state index in [2.05, 4.69) is 10.6 Å². The molecule has 0 saturated heterocycles. The molecule has 2 N–H and O–H groups in total. The zero-order valence-electron chi connectivity index (χ0n) is 11.3. The molecule has 0 aromatic heterocycles. The van der Waals surface area contributed by atoms with Crippen LogP contribution in [0.2, 0.25) is 0 Å². The van der Waals surface area contributed by atoms with Gasteiger partial charge < -0.3 is 20.1 Å². The lowest BCUT2D eigenvalue weighted by molar-refractivity contribution is -0.145. The van der Waals surface area contributed by atoms with Crippen molar-refractivity contribution in [2.45, 2.75) is 25.7 Å². The summed E-state index contributed by atoms with van der Waals surface area (Å²) < 4.78 is 9.89. The molecule has 0 heterocycles. The van der Waals surface area contributed by atoms with Gasteiger partial charge >= 0.3 is 11.9 Å². The van der Waals surface area contributed by atoms with Crippen molar-refractivity contribution in [2.75, 3.05) is 40.4 Å². The van der Waals surface area contributed by atoms with E-state index in [1.54, 1.807) is 14.1 Å². The second-order valence-electron chi connectivity index (χ2n) is 3.86. The third-order valence-electron chi connectivity index (χ3n) is 2.24. The summed E-state index contributed by atoms with van der Waals surface area (Å²) in [6.07, 6.45) is 2.01. The van der Waals surface area contributed by atoms with Crippen molar-refractivity contribution >= 4 is 11.9 Å². The minimum absolute atomic E-state index is 0.214. The highest BCUT2D eigenvalue weighted by atomic mass is 16.5. The highest BCUT2D eigenvalue weighted by Gasteiger charge is 2.05. The first-order valence-electron chi connectivity index (χ1n) is 6.31. The number of unbranched alkanes of at least 4 members (excludes halogenated alkanes) is 1. The maximum absolute atomic E-state index is 11.2. The van der Waals surface area contributed by atoms with E-state index in [0.29, 0.717) is 52.0 Å². The molecule has 6 heteroatoms. The smallest absolute Gasteiger partial charge is 0.305 e. The van der Waals surface area contributed by atoms with Crippen molar-refractivity contribution in [1.82, 2.24) is 10.6 Å². The summed E-state index contributed by atoms with van der Waals surface area (Å²) in [5.74, 6) is -0.428. The standard InChI is InChI=1S/C12H24N2O4/c1-13-7-9-17-11(15)5-3-4-6-12(16)18-10-8-14-2/h13-14H,3-10H2,1-2H3. The number of hydrogen-bond acceptors (Lipinski definition) is 6. The SMILES string of the molecule is CNCCOC(=O)CCCCC(=O)OCCNC. The quantitative estimate of drug-likeness (QED) is 0.404. The van der Waals surface area contributed by atoms with Gasteiger partial charge in [0.2, 0.25) is 0 Å². The van der Waals surface area contributed by atoms with E-state index in [0.717, 1.165) is 0 Å². The second-order valence-corrected chi connectivity index (χ2v) is 3.86. The van der Waals surface area contributed by atoms with Gasteiger partial charge in [0.1, 0.15) is 13.2 Å². The first-order valence-corrected chi connectivity index (χ1v) is 6.31. The Morgan fingerprint density at radius 1 is 0.833 bits per heavy atom. The summed E-state index contributed by atoms with van der Waals surface area (Å²) in [7, 11) is 3.60. The molecule has 0 rings (SSSR count). The van der Waals surface area contributed by atoms with Gasteiger partial charge in [-0.25, -0.2) is 0 Å². The Hall–Kier alpha value is -1.14. The van der Waals surface area contributed by atoms with E-state index in [1.165, 1.54) is 0 Å². The van der Waals surface area contributed by atoms with Crippen LogP contribution in [0.3, 0.4) is 0 Å². The molecule has 0 amide bonds. The minimum Gasteiger partial charge on any atom is -0.464 e. The van der Waals surface area contributed by atoms with Crippen LogP contribution in [0.1, 0.15) is 25.7 Å². The molecule has 0 aliphatic heterocycles. The average Bonchev–Trinajstić information content (AvgIpc) is 2.35. The molecule has 0 aromatic carbocycles. The molecule has 0 spiro atoms. The number of rotatable bonds is 11. The molecular formula is C12H24N2O4. The molecule has 0 radical (unpaired) electrons. The van der Waals surface area contributed by atoms with Crippen molar-refractivity contribution in [2.24, 2.45) is 0 Å². The summed E-state index contributed by atoms with van der Waals surface area (Å²) in [5.41, 5.74) is 0. The minimum atomic E-state index is -0.214. The first-order chi connectivity index (χ1) is 8.70. The number of carbonyl (C=O) groups is 2. The predicted octanol–water partition coefficient (Wildman–Crippen LogP) is 0.0720. The van der Waals surface area contributed by atoms with Gasteiger partial charge in [-0.2, -0.15) is 0 Å². The largest absolute Gasteiger partial charge is 0.464 e. The number of hydrogen-bond donors (Lipinski definition) is 2. The van der Waals surface area contributed by atoms with Crippen LogP contribution in [0.5, 0.6) is 0 Å². The van der Waals surface area contributed by atoms with Crippen LogP contribution in [0, 0.1) is 0 Å². The molecule has 0 aliphatic carbocycles. The predicted molar refractivity (Wildman–Crippen MR) is 68.2 cm³/mol. The normalized spacial score (nSPS) is 10.1. The fourth-order valence-electron chi connectivity index (χ4n) is 1.22. The molecule has 0 fully saturated rings. The molecular weight excluding hydrogens is 236 g/mol. The summed E-state index contributed by atoms with van der Waals surface area (Å²) in [6, 6.07) is 0. The van der Waals surface area contributed by atoms with Crippen LogP contribution in [0.25, 0.3) is 0 Å². The molecule has 0 atom stereocenters. The van der Waals surface area contributed by atoms with Crippen LogP contribution in [-0.4, -0.2) is 52.3 Å². The van der Waals surface area contributed by atoms with E-state index in [9.17, 15) is 9.59 Å². The van der Waals surface area contributed by atoms with Crippen LogP contribution in [0.4, 0.5) is 0 Å². The maximum atomic E-state index is 11.2. The molecule has 0 unspecified atom stereocenters. The molecule has 0 bridgehead atoms. The van der Waals surface area contributed by atoms with Crippen LogP contribution in [-0.2, 0) is 19.1 Å². The van der Waals surface area contributed by atoms with Crippen LogP contribution >= 0.6 is 0 Å². The van der Waals surface area contributed by atoms with E-state index in [4.69, 9.17) is 9.47 Å². The summed E-state index contributed by atoms with van der Waals surface area (Å²) >= 11 is 0. The number of ether oxygens (including phenoxy) is 2. The van der Waals surface area contributed by atoms with Gasteiger partial charge in [0.05, 0.1) is 0 Å². The maximum Gasteiger partial charge on any atom is 0.305 e. The van der Waals surface area contributed by atoms with Crippen molar-refractivity contribution in [3.8, 4) is 0 Å². The van der Waals surface area contributed by atoms with Crippen molar-refractivity contribution in [3.05, 3.63) is 0 Å². The van der Waals surface area contributed by atoms with Gasteiger partial charge in [-0.1, -0.05) is 0 Å². The van der Waals surface area contributed by atoms with Crippen molar-refractivity contribution in [1.29, 1.82) is 0 Å². The monoisotopic (exact) mass is 260 g/mol. The van der Waals surface area contributed by atoms with Gasteiger partial charge in [0, 0.05) is 25.9 Å². The Kier molecular flexibility index (Phi) is 11.5. The summed E-state index contributed by atoms with van der Waals surface area (Å²) in [6.45, 7) is 2.09. The van der Waals surface area contributed by atoms with Gasteiger partial charge in [-0.15, -0.1) is 0 Å². The highest BCUT2D eigenvalue weighted by Crippen LogP contribution is 2.02. The fourth-order valence-corrected chi connectivity index (χ4v) is 1.22. The van der Waals surface area contributed by atoms with E-state index >= 15 is 0 Å². The summed E-state index contributed by atoms with van der Waals surface area (Å²) in [5, 5.41) is 5.77.